The molecular formula is C19H18N2O5. The average Bonchev–Trinajstić information content (AvgIpc) is 2.67. The smallest absolute Gasteiger partial charge is 0.306 e. The maximum absolute atomic E-state index is 12.9. The second kappa shape index (κ2) is 7.26. The first-order valence-corrected chi connectivity index (χ1v) is 7.96. The van der Waals surface area contributed by atoms with Crippen molar-refractivity contribution in [1.82, 2.24) is 9.38 Å². The van der Waals surface area contributed by atoms with E-state index in [1.54, 1.807) is 55.8 Å². The van der Waals surface area contributed by atoms with Gasteiger partial charge in [0.05, 0.1) is 26.2 Å². The SMILES string of the molecule is COC(=O)CC(c1ccc(OC)cc1)c1c(O)nc2ccccn2c1=O. The molecule has 3 aromatic rings. The summed E-state index contributed by atoms with van der Waals surface area (Å²) in [6.45, 7) is 0. The summed E-state index contributed by atoms with van der Waals surface area (Å²) in [7, 11) is 2.82. The van der Waals surface area contributed by atoms with Crippen molar-refractivity contribution in [3.8, 4) is 11.6 Å². The van der Waals surface area contributed by atoms with Crippen molar-refractivity contribution < 1.29 is 19.4 Å². The van der Waals surface area contributed by atoms with Crippen LogP contribution in [0.2, 0.25) is 0 Å². The largest absolute Gasteiger partial charge is 0.497 e. The molecule has 7 nitrogen and oxygen atoms in total. The van der Waals surface area contributed by atoms with Crippen LogP contribution in [0.15, 0.2) is 53.5 Å². The lowest BCUT2D eigenvalue weighted by atomic mass is 9.89. The van der Waals surface area contributed by atoms with Crippen LogP contribution in [0.1, 0.15) is 23.5 Å². The van der Waals surface area contributed by atoms with Gasteiger partial charge in [0.2, 0.25) is 5.88 Å². The standard InChI is InChI=1S/C19H18N2O5/c1-25-13-8-6-12(7-9-13)14(11-16(22)26-2)17-18(23)20-15-5-3-4-10-21(15)19(17)24/h3-10,14,23H,11H2,1-2H3. The van der Waals surface area contributed by atoms with Crippen LogP contribution < -0.4 is 10.3 Å². The highest BCUT2D eigenvalue weighted by atomic mass is 16.5. The fourth-order valence-electron chi connectivity index (χ4n) is 2.87. The number of methoxy groups -OCH3 is 2. The van der Waals surface area contributed by atoms with Gasteiger partial charge in [0, 0.05) is 12.1 Å². The van der Waals surface area contributed by atoms with E-state index in [1.807, 2.05) is 0 Å². The van der Waals surface area contributed by atoms with E-state index < -0.39 is 23.3 Å². The number of rotatable bonds is 5. The van der Waals surface area contributed by atoms with E-state index in [9.17, 15) is 14.7 Å². The number of fused-ring (bicyclic) bond motifs is 1. The van der Waals surface area contributed by atoms with E-state index in [4.69, 9.17) is 9.47 Å². The summed E-state index contributed by atoms with van der Waals surface area (Å²) in [4.78, 5) is 29.0. The molecule has 0 aliphatic rings. The molecule has 0 bridgehead atoms. The molecule has 0 radical (unpaired) electrons. The van der Waals surface area contributed by atoms with Crippen LogP contribution in [0.3, 0.4) is 0 Å². The Morgan fingerprint density at radius 1 is 1.19 bits per heavy atom. The maximum atomic E-state index is 12.9. The van der Waals surface area contributed by atoms with Gasteiger partial charge in [-0.05, 0) is 29.8 Å². The Bertz CT molecular complexity index is 995. The molecule has 134 valence electrons. The van der Waals surface area contributed by atoms with Gasteiger partial charge >= 0.3 is 5.97 Å². The summed E-state index contributed by atoms with van der Waals surface area (Å²) < 4.78 is 11.2. The lowest BCUT2D eigenvalue weighted by molar-refractivity contribution is -0.140. The Hall–Kier alpha value is -3.35. The number of esters is 1. The quantitative estimate of drug-likeness (QED) is 0.706. The molecule has 0 fully saturated rings. The number of aromatic hydroxyl groups is 1. The molecule has 0 aliphatic heterocycles. The summed E-state index contributed by atoms with van der Waals surface area (Å²) in [6, 6.07) is 12.0. The van der Waals surface area contributed by atoms with E-state index in [0.29, 0.717) is 17.0 Å². The molecule has 7 heteroatoms. The van der Waals surface area contributed by atoms with Crippen molar-refractivity contribution in [1.29, 1.82) is 0 Å². The first kappa shape index (κ1) is 17.5. The maximum Gasteiger partial charge on any atom is 0.306 e. The molecule has 2 heterocycles. The Balaban J connectivity index is 2.19. The highest BCUT2D eigenvalue weighted by Crippen LogP contribution is 2.32. The Labute approximate surface area is 149 Å². The zero-order valence-corrected chi connectivity index (χ0v) is 14.4. The third kappa shape index (κ3) is 3.23. The highest BCUT2D eigenvalue weighted by molar-refractivity contribution is 5.71. The Morgan fingerprint density at radius 2 is 1.92 bits per heavy atom. The number of pyridine rings is 1. The summed E-state index contributed by atoms with van der Waals surface area (Å²) in [6.07, 6.45) is 1.46. The van der Waals surface area contributed by atoms with Crippen molar-refractivity contribution in [2.45, 2.75) is 12.3 Å². The van der Waals surface area contributed by atoms with Gasteiger partial charge < -0.3 is 14.6 Å². The van der Waals surface area contributed by atoms with Crippen molar-refractivity contribution >= 4 is 11.6 Å². The fraction of sp³-hybridized carbons (Fsp3) is 0.211. The van der Waals surface area contributed by atoms with Crippen LogP contribution in [0.4, 0.5) is 0 Å². The van der Waals surface area contributed by atoms with Crippen molar-refractivity contribution in [2.24, 2.45) is 0 Å². The molecule has 1 N–H and O–H groups in total. The Kier molecular flexibility index (Phi) is 4.88. The first-order chi connectivity index (χ1) is 12.5. The summed E-state index contributed by atoms with van der Waals surface area (Å²) >= 11 is 0. The zero-order chi connectivity index (χ0) is 18.7. The lowest BCUT2D eigenvalue weighted by Crippen LogP contribution is -2.24. The van der Waals surface area contributed by atoms with Gasteiger partial charge in [-0.3, -0.25) is 14.0 Å². The average molecular weight is 354 g/mol. The number of aromatic nitrogens is 2. The van der Waals surface area contributed by atoms with Gasteiger partial charge in [-0.15, -0.1) is 0 Å². The molecule has 0 amide bonds. The summed E-state index contributed by atoms with van der Waals surface area (Å²) in [5, 5.41) is 10.4. The molecule has 1 unspecified atom stereocenters. The summed E-state index contributed by atoms with van der Waals surface area (Å²) in [5.41, 5.74) is 0.605. The number of carbonyl (C=O) groups is 1. The fourth-order valence-corrected chi connectivity index (χ4v) is 2.87. The molecular weight excluding hydrogens is 336 g/mol. The van der Waals surface area contributed by atoms with Crippen LogP contribution in [0.25, 0.3) is 5.65 Å². The van der Waals surface area contributed by atoms with Crippen molar-refractivity contribution in [3.05, 3.63) is 70.1 Å². The molecule has 0 saturated carbocycles. The van der Waals surface area contributed by atoms with Gasteiger partial charge in [0.15, 0.2) is 0 Å². The van der Waals surface area contributed by atoms with Crippen LogP contribution in [-0.4, -0.2) is 34.7 Å². The second-order valence-corrected chi connectivity index (χ2v) is 5.69. The van der Waals surface area contributed by atoms with E-state index in [-0.39, 0.29) is 12.0 Å². The minimum atomic E-state index is -0.703. The molecule has 3 rings (SSSR count). The topological polar surface area (TPSA) is 90.1 Å². The number of nitrogens with zero attached hydrogens (tertiary/aromatic N) is 2. The van der Waals surface area contributed by atoms with Crippen molar-refractivity contribution in [2.75, 3.05) is 14.2 Å². The molecule has 1 aromatic carbocycles. The minimum absolute atomic E-state index is 0.0456. The summed E-state index contributed by atoms with van der Waals surface area (Å²) in [5.74, 6) is -0.956. The van der Waals surface area contributed by atoms with Gasteiger partial charge in [-0.2, -0.15) is 4.98 Å². The third-order valence-corrected chi connectivity index (χ3v) is 4.21. The molecule has 0 spiro atoms. The molecule has 26 heavy (non-hydrogen) atoms. The van der Waals surface area contributed by atoms with Crippen LogP contribution >= 0.6 is 0 Å². The van der Waals surface area contributed by atoms with Crippen molar-refractivity contribution in [3.63, 3.8) is 0 Å². The monoisotopic (exact) mass is 354 g/mol. The van der Waals surface area contributed by atoms with E-state index in [2.05, 4.69) is 4.98 Å². The molecule has 0 aliphatic carbocycles. The van der Waals surface area contributed by atoms with E-state index in [0.717, 1.165) is 0 Å². The number of benzene rings is 1. The Morgan fingerprint density at radius 3 is 2.58 bits per heavy atom. The highest BCUT2D eigenvalue weighted by Gasteiger charge is 2.26. The van der Waals surface area contributed by atoms with Gasteiger partial charge in [0.25, 0.3) is 5.56 Å². The van der Waals surface area contributed by atoms with E-state index >= 15 is 0 Å². The first-order valence-electron chi connectivity index (χ1n) is 7.96. The van der Waals surface area contributed by atoms with Crippen LogP contribution in [-0.2, 0) is 9.53 Å². The number of hydrogen-bond donors (Lipinski definition) is 1. The molecule has 1 atom stereocenters. The third-order valence-electron chi connectivity index (χ3n) is 4.21. The zero-order valence-electron chi connectivity index (χ0n) is 14.4. The van der Waals surface area contributed by atoms with Gasteiger partial charge in [-0.1, -0.05) is 18.2 Å². The number of hydrogen-bond acceptors (Lipinski definition) is 6. The predicted molar refractivity (Wildman–Crippen MR) is 94.6 cm³/mol. The van der Waals surface area contributed by atoms with E-state index in [1.165, 1.54) is 11.5 Å². The normalized spacial score (nSPS) is 11.9. The predicted octanol–water partition coefficient (Wildman–Crippen LogP) is 2.10. The number of ether oxygens (including phenoxy) is 2. The molecule has 2 aromatic heterocycles. The lowest BCUT2D eigenvalue weighted by Gasteiger charge is -2.18. The van der Waals surface area contributed by atoms with Gasteiger partial charge in [0.1, 0.15) is 11.4 Å². The van der Waals surface area contributed by atoms with Crippen LogP contribution in [0.5, 0.6) is 11.6 Å². The molecule has 0 saturated heterocycles. The number of carbonyl (C=O) groups excluding carboxylic acids is 1. The second-order valence-electron chi connectivity index (χ2n) is 5.69. The minimum Gasteiger partial charge on any atom is -0.497 e. The van der Waals surface area contributed by atoms with Gasteiger partial charge in [-0.25, -0.2) is 0 Å². The van der Waals surface area contributed by atoms with Crippen LogP contribution in [0, 0.1) is 0 Å².